The fourth-order valence-corrected chi connectivity index (χ4v) is 5.06. The van der Waals surface area contributed by atoms with Crippen molar-refractivity contribution in [1.29, 1.82) is 0 Å². The van der Waals surface area contributed by atoms with Gasteiger partial charge in [-0.25, -0.2) is 0 Å². The van der Waals surface area contributed by atoms with Gasteiger partial charge in [0, 0.05) is 16.8 Å². The topological polar surface area (TPSA) is 84.8 Å². The first-order chi connectivity index (χ1) is 16.2. The molecule has 0 saturated carbocycles. The Labute approximate surface area is 200 Å². The molecule has 34 heavy (non-hydrogen) atoms. The number of fused-ring (bicyclic) bond motifs is 1. The van der Waals surface area contributed by atoms with Crippen molar-refractivity contribution in [3.05, 3.63) is 100 Å². The number of carbonyl (C=O) groups is 1. The van der Waals surface area contributed by atoms with Crippen LogP contribution in [0.1, 0.15) is 39.5 Å². The smallest absolute Gasteiger partial charge is 0.282 e. The molecule has 1 aliphatic rings. The van der Waals surface area contributed by atoms with E-state index in [-0.39, 0.29) is 22.1 Å². The second-order valence-corrected chi connectivity index (χ2v) is 9.79. The number of allylic oxidation sites excluding steroid dienone is 2. The van der Waals surface area contributed by atoms with Crippen LogP contribution in [-0.2, 0) is 10.0 Å². The van der Waals surface area contributed by atoms with E-state index in [0.29, 0.717) is 23.5 Å². The molecule has 0 saturated heterocycles. The van der Waals surface area contributed by atoms with Crippen molar-refractivity contribution in [2.24, 2.45) is 4.40 Å². The Morgan fingerprint density at radius 1 is 0.912 bits per heavy atom. The van der Waals surface area contributed by atoms with Gasteiger partial charge in [-0.15, -0.1) is 0 Å². The van der Waals surface area contributed by atoms with Gasteiger partial charge in [-0.05, 0) is 69.2 Å². The molecule has 6 nitrogen and oxygen atoms in total. The largest absolute Gasteiger partial charge is 0.494 e. The number of aryl methyl sites for hydroxylation is 3. The predicted molar refractivity (Wildman–Crippen MR) is 134 cm³/mol. The zero-order chi connectivity index (χ0) is 24.5. The average Bonchev–Trinajstić information content (AvgIpc) is 2.79. The zero-order valence-electron chi connectivity index (χ0n) is 19.5. The summed E-state index contributed by atoms with van der Waals surface area (Å²) in [5.74, 6) is 0.366. The van der Waals surface area contributed by atoms with Crippen LogP contribution in [0.2, 0.25) is 0 Å². The molecule has 7 heteroatoms. The van der Waals surface area contributed by atoms with Gasteiger partial charge in [0.05, 0.1) is 22.9 Å². The molecule has 1 N–H and O–H groups in total. The number of carbonyl (C=O) groups excluding carboxylic acids is 1. The van der Waals surface area contributed by atoms with Crippen molar-refractivity contribution in [3.8, 4) is 5.75 Å². The monoisotopic (exact) mass is 474 g/mol. The summed E-state index contributed by atoms with van der Waals surface area (Å²) in [5.41, 5.74) is 5.27. The molecule has 4 rings (SSSR count). The standard InChI is InChI=1S/C27H26N2O4S/c1-5-33-20-10-12-21(13-11-20)34(31,32)29-24-16-25(27(30)23-9-7-6-8-22(23)24)28-26-18(3)14-17(2)15-19(26)4/h6-16,28H,5H2,1-4H3/b29-24+. The fourth-order valence-electron chi connectivity index (χ4n) is 4.07. The summed E-state index contributed by atoms with van der Waals surface area (Å²) in [6.07, 6.45) is 1.51. The number of nitrogens with one attached hydrogen (secondary N) is 1. The van der Waals surface area contributed by atoms with Crippen LogP contribution in [0.4, 0.5) is 5.69 Å². The average molecular weight is 475 g/mol. The van der Waals surface area contributed by atoms with Gasteiger partial charge < -0.3 is 10.1 Å². The molecule has 3 aromatic carbocycles. The van der Waals surface area contributed by atoms with E-state index in [9.17, 15) is 13.2 Å². The molecule has 0 heterocycles. The number of anilines is 1. The third-order valence-electron chi connectivity index (χ3n) is 5.56. The number of hydrogen-bond acceptors (Lipinski definition) is 5. The van der Waals surface area contributed by atoms with Crippen molar-refractivity contribution in [1.82, 2.24) is 0 Å². The first kappa shape index (κ1) is 23.4. The van der Waals surface area contributed by atoms with E-state index in [1.165, 1.54) is 18.2 Å². The number of ether oxygens (including phenoxy) is 1. The highest BCUT2D eigenvalue weighted by atomic mass is 32.2. The minimum Gasteiger partial charge on any atom is -0.494 e. The van der Waals surface area contributed by atoms with Crippen LogP contribution in [0, 0.1) is 20.8 Å². The number of sulfonamides is 1. The number of Topliss-reactive ketones (excluding diaryl/α,β-unsaturated/α-hetero) is 1. The SMILES string of the molecule is CCOc1ccc(S(=O)(=O)/N=C2\C=C(Nc3c(C)cc(C)cc3C)C(=O)c3ccccc32)cc1. The van der Waals surface area contributed by atoms with Crippen LogP contribution in [0.5, 0.6) is 5.75 Å². The van der Waals surface area contributed by atoms with Crippen molar-refractivity contribution < 1.29 is 17.9 Å². The lowest BCUT2D eigenvalue weighted by atomic mass is 9.92. The van der Waals surface area contributed by atoms with Crippen LogP contribution in [0.25, 0.3) is 0 Å². The lowest BCUT2D eigenvalue weighted by molar-refractivity contribution is 0.103. The summed E-state index contributed by atoms with van der Waals surface area (Å²) in [7, 11) is -4.02. The summed E-state index contributed by atoms with van der Waals surface area (Å²) in [6.45, 7) is 8.29. The second kappa shape index (κ2) is 9.27. The number of benzene rings is 3. The Balaban J connectivity index is 1.79. The maximum atomic E-state index is 13.2. The Bertz CT molecular complexity index is 1410. The second-order valence-electron chi connectivity index (χ2n) is 8.19. The quantitative estimate of drug-likeness (QED) is 0.518. The Morgan fingerprint density at radius 3 is 2.15 bits per heavy atom. The van der Waals surface area contributed by atoms with Gasteiger partial charge >= 0.3 is 0 Å². The molecule has 0 radical (unpaired) electrons. The fraction of sp³-hybridized carbons (Fsp3) is 0.185. The molecule has 174 valence electrons. The van der Waals surface area contributed by atoms with Gasteiger partial charge in [0.25, 0.3) is 10.0 Å². The van der Waals surface area contributed by atoms with E-state index < -0.39 is 10.0 Å². The highest BCUT2D eigenvalue weighted by Gasteiger charge is 2.27. The Morgan fingerprint density at radius 2 is 1.53 bits per heavy atom. The third-order valence-corrected chi connectivity index (χ3v) is 6.87. The molecular formula is C27H26N2O4S. The van der Waals surface area contributed by atoms with Gasteiger partial charge in [-0.3, -0.25) is 4.79 Å². The highest BCUT2D eigenvalue weighted by Crippen LogP contribution is 2.28. The molecule has 0 aliphatic heterocycles. The molecule has 0 atom stereocenters. The van der Waals surface area contributed by atoms with Gasteiger partial charge in [0.2, 0.25) is 5.78 Å². The van der Waals surface area contributed by atoms with Gasteiger partial charge in [-0.1, -0.05) is 42.0 Å². The van der Waals surface area contributed by atoms with Crippen molar-refractivity contribution in [3.63, 3.8) is 0 Å². The molecule has 0 unspecified atom stereocenters. The Kier molecular flexibility index (Phi) is 6.39. The van der Waals surface area contributed by atoms with Crippen LogP contribution in [-0.4, -0.2) is 26.5 Å². The maximum Gasteiger partial charge on any atom is 0.282 e. The first-order valence-corrected chi connectivity index (χ1v) is 12.4. The van der Waals surface area contributed by atoms with E-state index >= 15 is 0 Å². The molecule has 0 spiro atoms. The number of hydrogen-bond donors (Lipinski definition) is 1. The van der Waals surface area contributed by atoms with Crippen LogP contribution < -0.4 is 10.1 Å². The predicted octanol–water partition coefficient (Wildman–Crippen LogP) is 5.38. The lowest BCUT2D eigenvalue weighted by Crippen LogP contribution is -2.23. The van der Waals surface area contributed by atoms with Gasteiger partial charge in [0.1, 0.15) is 5.75 Å². The van der Waals surface area contributed by atoms with Crippen molar-refractivity contribution >= 4 is 27.2 Å². The molecule has 1 aliphatic carbocycles. The van der Waals surface area contributed by atoms with Crippen molar-refractivity contribution in [2.45, 2.75) is 32.6 Å². The molecular weight excluding hydrogens is 448 g/mol. The Hall–Kier alpha value is -3.71. The van der Waals surface area contributed by atoms with E-state index in [2.05, 4.69) is 9.71 Å². The van der Waals surface area contributed by atoms with Crippen molar-refractivity contribution in [2.75, 3.05) is 11.9 Å². The number of rotatable bonds is 6. The summed E-state index contributed by atoms with van der Waals surface area (Å²) in [5, 5.41) is 3.23. The summed E-state index contributed by atoms with van der Waals surface area (Å²) in [4.78, 5) is 13.3. The molecule has 0 bridgehead atoms. The minimum absolute atomic E-state index is 0.0472. The summed E-state index contributed by atoms with van der Waals surface area (Å²) in [6, 6.07) is 17.1. The molecule has 3 aromatic rings. The normalized spacial score (nSPS) is 14.5. The number of nitrogens with zero attached hydrogens (tertiary/aromatic N) is 1. The van der Waals surface area contributed by atoms with E-state index in [4.69, 9.17) is 4.74 Å². The minimum atomic E-state index is -4.02. The lowest BCUT2D eigenvalue weighted by Gasteiger charge is -2.21. The maximum absolute atomic E-state index is 13.2. The van der Waals surface area contributed by atoms with E-state index in [1.807, 2.05) is 39.8 Å². The zero-order valence-corrected chi connectivity index (χ0v) is 20.4. The van der Waals surface area contributed by atoms with Crippen LogP contribution >= 0.6 is 0 Å². The molecule has 0 amide bonds. The first-order valence-electron chi connectivity index (χ1n) is 11.0. The van der Waals surface area contributed by atoms with E-state index in [1.54, 1.807) is 36.4 Å². The van der Waals surface area contributed by atoms with Gasteiger partial charge in [-0.2, -0.15) is 12.8 Å². The van der Waals surface area contributed by atoms with Crippen LogP contribution in [0.15, 0.2) is 81.7 Å². The summed E-state index contributed by atoms with van der Waals surface area (Å²) < 4.78 is 35.7. The van der Waals surface area contributed by atoms with Gasteiger partial charge in [0.15, 0.2) is 0 Å². The summed E-state index contributed by atoms with van der Waals surface area (Å²) >= 11 is 0. The molecule has 0 fully saturated rings. The van der Waals surface area contributed by atoms with E-state index in [0.717, 1.165) is 22.4 Å². The van der Waals surface area contributed by atoms with Crippen LogP contribution in [0.3, 0.4) is 0 Å². The molecule has 0 aromatic heterocycles. The number of ketones is 1. The highest BCUT2D eigenvalue weighted by molar-refractivity contribution is 7.90. The third kappa shape index (κ3) is 4.65.